The van der Waals surface area contributed by atoms with Gasteiger partial charge in [-0.2, -0.15) is 4.98 Å². The molecule has 0 fully saturated rings. The molecule has 0 saturated heterocycles. The Morgan fingerprint density at radius 3 is 2.08 bits per heavy atom. The molecule has 0 amide bonds. The standard InChI is InChI=1S/C20H24N4O/c1-3-24(4-2)14-16-7-11-18(12-8-16)20-22-19(23-25-20)17-9-5-15(13-21)6-10-17/h5-12H,3-4,13-14,21H2,1-2H3. The summed E-state index contributed by atoms with van der Waals surface area (Å²) in [6.07, 6.45) is 0. The summed E-state index contributed by atoms with van der Waals surface area (Å²) in [6.45, 7) is 7.94. The van der Waals surface area contributed by atoms with Gasteiger partial charge in [-0.25, -0.2) is 0 Å². The van der Waals surface area contributed by atoms with Crippen LogP contribution in [0.15, 0.2) is 53.1 Å². The number of rotatable bonds is 7. The van der Waals surface area contributed by atoms with Gasteiger partial charge in [0.25, 0.3) is 5.89 Å². The van der Waals surface area contributed by atoms with Crippen molar-refractivity contribution < 1.29 is 4.52 Å². The van der Waals surface area contributed by atoms with Gasteiger partial charge in [0.2, 0.25) is 5.82 Å². The number of nitrogens with two attached hydrogens (primary N) is 1. The highest BCUT2D eigenvalue weighted by atomic mass is 16.5. The van der Waals surface area contributed by atoms with Gasteiger partial charge in [-0.15, -0.1) is 0 Å². The smallest absolute Gasteiger partial charge is 0.258 e. The lowest BCUT2D eigenvalue weighted by molar-refractivity contribution is 0.296. The van der Waals surface area contributed by atoms with Gasteiger partial charge in [-0.05, 0) is 36.3 Å². The van der Waals surface area contributed by atoms with Crippen molar-refractivity contribution in [3.05, 3.63) is 59.7 Å². The number of nitrogens with zero attached hydrogens (tertiary/aromatic N) is 3. The zero-order valence-corrected chi connectivity index (χ0v) is 14.8. The Morgan fingerprint density at radius 1 is 0.880 bits per heavy atom. The van der Waals surface area contributed by atoms with E-state index in [0.29, 0.717) is 18.3 Å². The maximum Gasteiger partial charge on any atom is 0.258 e. The maximum absolute atomic E-state index is 5.63. The van der Waals surface area contributed by atoms with Crippen molar-refractivity contribution in [2.75, 3.05) is 13.1 Å². The van der Waals surface area contributed by atoms with E-state index in [4.69, 9.17) is 10.3 Å². The van der Waals surface area contributed by atoms with Crippen LogP contribution in [0.1, 0.15) is 25.0 Å². The first-order chi connectivity index (χ1) is 12.2. The Morgan fingerprint density at radius 2 is 1.48 bits per heavy atom. The van der Waals surface area contributed by atoms with E-state index in [2.05, 4.69) is 41.0 Å². The Hall–Kier alpha value is -2.50. The number of aromatic nitrogens is 2. The average Bonchev–Trinajstić information content (AvgIpc) is 3.17. The highest BCUT2D eigenvalue weighted by molar-refractivity contribution is 5.60. The molecule has 2 N–H and O–H groups in total. The van der Waals surface area contributed by atoms with E-state index in [1.54, 1.807) is 0 Å². The van der Waals surface area contributed by atoms with Crippen molar-refractivity contribution in [2.45, 2.75) is 26.9 Å². The van der Waals surface area contributed by atoms with Crippen molar-refractivity contribution in [2.24, 2.45) is 5.73 Å². The zero-order valence-electron chi connectivity index (χ0n) is 14.8. The molecule has 1 heterocycles. The number of hydrogen-bond donors (Lipinski definition) is 1. The quantitative estimate of drug-likeness (QED) is 0.712. The van der Waals surface area contributed by atoms with Gasteiger partial charge in [0, 0.05) is 24.2 Å². The molecule has 0 bridgehead atoms. The van der Waals surface area contributed by atoms with Gasteiger partial charge in [-0.3, -0.25) is 4.90 Å². The predicted molar refractivity (Wildman–Crippen MR) is 99.7 cm³/mol. The highest BCUT2D eigenvalue weighted by Gasteiger charge is 2.11. The fraction of sp³-hybridized carbons (Fsp3) is 0.300. The van der Waals surface area contributed by atoms with Gasteiger partial charge >= 0.3 is 0 Å². The van der Waals surface area contributed by atoms with Crippen LogP contribution in [0, 0.1) is 0 Å². The van der Waals surface area contributed by atoms with E-state index >= 15 is 0 Å². The normalized spacial score (nSPS) is 11.2. The summed E-state index contributed by atoms with van der Waals surface area (Å²) in [5, 5.41) is 4.09. The van der Waals surface area contributed by atoms with E-state index in [1.807, 2.05) is 36.4 Å². The SMILES string of the molecule is CCN(CC)Cc1ccc(-c2nc(-c3ccc(CN)cc3)no2)cc1. The van der Waals surface area contributed by atoms with Gasteiger partial charge in [0.15, 0.2) is 0 Å². The lowest BCUT2D eigenvalue weighted by atomic mass is 10.1. The summed E-state index contributed by atoms with van der Waals surface area (Å²) in [5.41, 5.74) is 9.84. The largest absolute Gasteiger partial charge is 0.334 e. The van der Waals surface area contributed by atoms with E-state index in [1.165, 1.54) is 5.56 Å². The molecule has 130 valence electrons. The fourth-order valence-corrected chi connectivity index (χ4v) is 2.71. The van der Waals surface area contributed by atoms with Crippen LogP contribution in [0.3, 0.4) is 0 Å². The van der Waals surface area contributed by atoms with Crippen LogP contribution in [-0.4, -0.2) is 28.1 Å². The molecule has 0 unspecified atom stereocenters. The molecule has 1 aromatic heterocycles. The van der Waals surface area contributed by atoms with E-state index in [-0.39, 0.29) is 0 Å². The van der Waals surface area contributed by atoms with Crippen molar-refractivity contribution in [1.29, 1.82) is 0 Å². The van der Waals surface area contributed by atoms with Crippen LogP contribution in [0.5, 0.6) is 0 Å². The minimum Gasteiger partial charge on any atom is -0.334 e. The molecule has 5 nitrogen and oxygen atoms in total. The third-order valence-corrected chi connectivity index (χ3v) is 4.38. The van der Waals surface area contributed by atoms with E-state index in [9.17, 15) is 0 Å². The average molecular weight is 336 g/mol. The summed E-state index contributed by atoms with van der Waals surface area (Å²) in [5.74, 6) is 1.12. The Kier molecular flexibility index (Phi) is 5.58. The summed E-state index contributed by atoms with van der Waals surface area (Å²) < 4.78 is 5.43. The molecule has 0 aliphatic rings. The number of benzene rings is 2. The minimum absolute atomic E-state index is 0.525. The van der Waals surface area contributed by atoms with Crippen LogP contribution >= 0.6 is 0 Å². The lowest BCUT2D eigenvalue weighted by Crippen LogP contribution is -2.21. The third kappa shape index (κ3) is 4.13. The van der Waals surface area contributed by atoms with E-state index < -0.39 is 0 Å². The molecule has 0 atom stereocenters. The molecule has 0 aliphatic heterocycles. The molecule has 3 rings (SSSR count). The second-order valence-electron chi connectivity index (χ2n) is 5.98. The fourth-order valence-electron chi connectivity index (χ4n) is 2.71. The lowest BCUT2D eigenvalue weighted by Gasteiger charge is -2.17. The van der Waals surface area contributed by atoms with Crippen LogP contribution in [-0.2, 0) is 13.1 Å². The molecule has 2 aromatic carbocycles. The zero-order chi connectivity index (χ0) is 17.6. The first-order valence-electron chi connectivity index (χ1n) is 8.68. The van der Waals surface area contributed by atoms with Crippen LogP contribution in [0.4, 0.5) is 0 Å². The Labute approximate surface area is 148 Å². The molecule has 0 aliphatic carbocycles. The summed E-state index contributed by atoms with van der Waals surface area (Å²) in [4.78, 5) is 6.89. The molecule has 0 radical (unpaired) electrons. The van der Waals surface area contributed by atoms with Crippen molar-refractivity contribution in [1.82, 2.24) is 15.0 Å². The predicted octanol–water partition coefficient (Wildman–Crippen LogP) is 3.70. The summed E-state index contributed by atoms with van der Waals surface area (Å²) in [7, 11) is 0. The second-order valence-corrected chi connectivity index (χ2v) is 5.98. The number of hydrogen-bond acceptors (Lipinski definition) is 5. The topological polar surface area (TPSA) is 68.2 Å². The van der Waals surface area contributed by atoms with Crippen LogP contribution < -0.4 is 5.73 Å². The molecule has 25 heavy (non-hydrogen) atoms. The van der Waals surface area contributed by atoms with Gasteiger partial charge in [0.1, 0.15) is 0 Å². The maximum atomic E-state index is 5.63. The van der Waals surface area contributed by atoms with Gasteiger partial charge in [-0.1, -0.05) is 55.4 Å². The molecule has 0 spiro atoms. The highest BCUT2D eigenvalue weighted by Crippen LogP contribution is 2.23. The summed E-state index contributed by atoms with van der Waals surface area (Å²) >= 11 is 0. The third-order valence-electron chi connectivity index (χ3n) is 4.38. The molecule has 5 heteroatoms. The second kappa shape index (κ2) is 8.05. The minimum atomic E-state index is 0.525. The first-order valence-corrected chi connectivity index (χ1v) is 8.68. The monoisotopic (exact) mass is 336 g/mol. The molecule has 3 aromatic rings. The first kappa shape index (κ1) is 17.3. The molecular weight excluding hydrogens is 312 g/mol. The van der Waals surface area contributed by atoms with Crippen molar-refractivity contribution in [3.8, 4) is 22.8 Å². The molecule has 0 saturated carbocycles. The van der Waals surface area contributed by atoms with Gasteiger partial charge in [0.05, 0.1) is 0 Å². The molecular formula is C20H24N4O. The van der Waals surface area contributed by atoms with Crippen LogP contribution in [0.2, 0.25) is 0 Å². The van der Waals surface area contributed by atoms with Crippen LogP contribution in [0.25, 0.3) is 22.8 Å². The van der Waals surface area contributed by atoms with E-state index in [0.717, 1.165) is 36.3 Å². The summed E-state index contributed by atoms with van der Waals surface area (Å²) in [6, 6.07) is 16.2. The Balaban J connectivity index is 1.75. The van der Waals surface area contributed by atoms with Crippen molar-refractivity contribution >= 4 is 0 Å². The Bertz CT molecular complexity index is 789. The van der Waals surface area contributed by atoms with Crippen molar-refractivity contribution in [3.63, 3.8) is 0 Å². The van der Waals surface area contributed by atoms with Gasteiger partial charge < -0.3 is 10.3 Å².